The van der Waals surface area contributed by atoms with Crippen LogP contribution in [0.1, 0.15) is 20.8 Å². The molecule has 0 unspecified atom stereocenters. The Bertz CT molecular complexity index is 374. The van der Waals surface area contributed by atoms with Crippen molar-refractivity contribution in [3.63, 3.8) is 0 Å². The Morgan fingerprint density at radius 3 is 2.70 bits per heavy atom. The average Bonchev–Trinajstić information content (AvgIpc) is 2.37. The number of ether oxygens (including phenoxy) is 2. The molecule has 0 aromatic heterocycles. The van der Waals surface area contributed by atoms with Crippen LogP contribution in [-0.4, -0.2) is 62.3 Å². The number of amides is 1. The smallest absolute Gasteiger partial charge is 0.410 e. The number of aldehydes is 1. The fourth-order valence-corrected chi connectivity index (χ4v) is 2.01. The van der Waals surface area contributed by atoms with Gasteiger partial charge in [0.05, 0.1) is 6.61 Å². The highest BCUT2D eigenvalue weighted by atomic mass is 16.6. The molecule has 1 saturated heterocycles. The third kappa shape index (κ3) is 5.30. The number of hydrogen-bond acceptors (Lipinski definition) is 5. The highest BCUT2D eigenvalue weighted by Gasteiger charge is 2.28. The quantitative estimate of drug-likeness (QED) is 0.615. The maximum absolute atomic E-state index is 12.1. The summed E-state index contributed by atoms with van der Waals surface area (Å²) in [6.07, 6.45) is 1.90. The average molecular weight is 284 g/mol. The summed E-state index contributed by atoms with van der Waals surface area (Å²) in [6.45, 7) is 7.60. The van der Waals surface area contributed by atoms with Crippen molar-refractivity contribution in [2.24, 2.45) is 0 Å². The molecule has 1 amide bonds. The third-order valence-corrected chi connectivity index (χ3v) is 2.87. The summed E-state index contributed by atoms with van der Waals surface area (Å²) >= 11 is 0. The molecular weight excluding hydrogens is 260 g/mol. The Labute approximate surface area is 120 Å². The van der Waals surface area contributed by atoms with Gasteiger partial charge in [0, 0.05) is 32.8 Å². The van der Waals surface area contributed by atoms with Crippen LogP contribution in [-0.2, 0) is 14.3 Å². The van der Waals surface area contributed by atoms with Crippen LogP contribution in [0.15, 0.2) is 11.6 Å². The van der Waals surface area contributed by atoms with Crippen LogP contribution in [0.4, 0.5) is 4.79 Å². The molecule has 6 nitrogen and oxygen atoms in total. The lowest BCUT2D eigenvalue weighted by atomic mass is 10.1. The number of nitrogens with one attached hydrogen (secondary N) is 1. The summed E-state index contributed by atoms with van der Waals surface area (Å²) in [5, 5.41) is 3.28. The lowest BCUT2D eigenvalue weighted by molar-refractivity contribution is -0.104. The van der Waals surface area contributed by atoms with Crippen LogP contribution >= 0.6 is 0 Å². The van der Waals surface area contributed by atoms with Crippen LogP contribution < -0.4 is 5.32 Å². The zero-order valence-corrected chi connectivity index (χ0v) is 12.6. The first kappa shape index (κ1) is 16.7. The van der Waals surface area contributed by atoms with Gasteiger partial charge in [-0.1, -0.05) is 0 Å². The molecule has 0 saturated carbocycles. The molecule has 1 aliphatic rings. The number of hydrogen-bond donors (Lipinski definition) is 1. The second-order valence-electron chi connectivity index (χ2n) is 5.74. The SMILES string of the molecule is COCC(=CC=O)[C@H]1CN(C(=O)OC(C)(C)C)CCN1. The van der Waals surface area contributed by atoms with Gasteiger partial charge in [-0.15, -0.1) is 0 Å². The highest BCUT2D eigenvalue weighted by molar-refractivity contribution is 5.69. The minimum Gasteiger partial charge on any atom is -0.444 e. The summed E-state index contributed by atoms with van der Waals surface area (Å²) in [5.41, 5.74) is 0.321. The van der Waals surface area contributed by atoms with Crippen LogP contribution in [0, 0.1) is 0 Å². The minimum absolute atomic E-state index is 0.0820. The van der Waals surface area contributed by atoms with Gasteiger partial charge >= 0.3 is 6.09 Å². The van der Waals surface area contributed by atoms with Crippen molar-refractivity contribution >= 4 is 12.4 Å². The zero-order chi connectivity index (χ0) is 15.2. The van der Waals surface area contributed by atoms with Crippen LogP contribution in [0.25, 0.3) is 0 Å². The molecule has 0 aromatic rings. The van der Waals surface area contributed by atoms with Gasteiger partial charge in [-0.2, -0.15) is 0 Å². The van der Waals surface area contributed by atoms with Gasteiger partial charge < -0.3 is 19.7 Å². The molecule has 0 bridgehead atoms. The Hall–Kier alpha value is -1.40. The molecule has 0 spiro atoms. The normalized spacial score (nSPS) is 20.7. The summed E-state index contributed by atoms with van der Waals surface area (Å²) in [6, 6.07) is -0.0820. The summed E-state index contributed by atoms with van der Waals surface area (Å²) < 4.78 is 10.4. The van der Waals surface area contributed by atoms with E-state index in [1.165, 1.54) is 6.08 Å². The monoisotopic (exact) mass is 284 g/mol. The van der Waals surface area contributed by atoms with Crippen LogP contribution in [0.5, 0.6) is 0 Å². The number of rotatable bonds is 4. The molecule has 1 rings (SSSR count). The summed E-state index contributed by atoms with van der Waals surface area (Å²) in [4.78, 5) is 24.4. The maximum Gasteiger partial charge on any atom is 0.410 e. The lowest BCUT2D eigenvalue weighted by Gasteiger charge is -2.35. The molecule has 1 aliphatic heterocycles. The molecule has 1 atom stereocenters. The number of nitrogens with zero attached hydrogens (tertiary/aromatic N) is 1. The second kappa shape index (κ2) is 7.40. The zero-order valence-electron chi connectivity index (χ0n) is 12.6. The van der Waals surface area contributed by atoms with E-state index in [9.17, 15) is 9.59 Å². The van der Waals surface area contributed by atoms with Crippen molar-refractivity contribution in [1.82, 2.24) is 10.2 Å². The van der Waals surface area contributed by atoms with Crippen LogP contribution in [0.3, 0.4) is 0 Å². The standard InChI is InChI=1S/C14H24N2O4/c1-14(2,3)20-13(18)16-7-6-15-12(9-16)11(5-8-17)10-19-4/h5,8,12,15H,6-7,9-10H2,1-4H3/t12-/m1/s1. The van der Waals surface area contributed by atoms with Gasteiger partial charge in [-0.05, 0) is 32.4 Å². The molecule has 6 heteroatoms. The highest BCUT2D eigenvalue weighted by Crippen LogP contribution is 2.14. The lowest BCUT2D eigenvalue weighted by Crippen LogP contribution is -2.54. The third-order valence-electron chi connectivity index (χ3n) is 2.87. The summed E-state index contributed by atoms with van der Waals surface area (Å²) in [7, 11) is 1.58. The van der Waals surface area contributed by atoms with E-state index >= 15 is 0 Å². The topological polar surface area (TPSA) is 67.9 Å². The molecule has 1 heterocycles. The first-order chi connectivity index (χ1) is 9.37. The number of methoxy groups -OCH3 is 1. The van der Waals surface area contributed by atoms with Gasteiger partial charge in [0.15, 0.2) is 0 Å². The van der Waals surface area contributed by atoms with E-state index in [0.717, 1.165) is 11.9 Å². The van der Waals surface area contributed by atoms with E-state index in [-0.39, 0.29) is 12.1 Å². The molecule has 20 heavy (non-hydrogen) atoms. The van der Waals surface area contributed by atoms with Gasteiger partial charge in [0.25, 0.3) is 0 Å². The molecule has 1 fully saturated rings. The van der Waals surface area contributed by atoms with E-state index in [1.807, 2.05) is 20.8 Å². The van der Waals surface area contributed by atoms with E-state index in [2.05, 4.69) is 5.32 Å². The van der Waals surface area contributed by atoms with Gasteiger partial charge in [-0.25, -0.2) is 4.79 Å². The number of allylic oxidation sites excluding steroid dienone is 1. The molecule has 0 radical (unpaired) electrons. The maximum atomic E-state index is 12.1. The molecule has 1 N–H and O–H groups in total. The largest absolute Gasteiger partial charge is 0.444 e. The van der Waals surface area contributed by atoms with E-state index in [1.54, 1.807) is 12.0 Å². The van der Waals surface area contributed by atoms with Crippen molar-refractivity contribution < 1.29 is 19.1 Å². The van der Waals surface area contributed by atoms with E-state index in [4.69, 9.17) is 9.47 Å². The Morgan fingerprint density at radius 2 is 2.15 bits per heavy atom. The van der Waals surface area contributed by atoms with Crippen LogP contribution in [0.2, 0.25) is 0 Å². The van der Waals surface area contributed by atoms with Gasteiger partial charge in [0.1, 0.15) is 11.9 Å². The fourth-order valence-electron chi connectivity index (χ4n) is 2.01. The summed E-state index contributed by atoms with van der Waals surface area (Å²) in [5.74, 6) is 0. The van der Waals surface area contributed by atoms with E-state index < -0.39 is 5.60 Å². The molecular formula is C14H24N2O4. The minimum atomic E-state index is -0.508. The Kier molecular flexibility index (Phi) is 6.16. The first-order valence-corrected chi connectivity index (χ1v) is 6.72. The molecule has 114 valence electrons. The van der Waals surface area contributed by atoms with E-state index in [0.29, 0.717) is 26.2 Å². The van der Waals surface area contributed by atoms with Crippen molar-refractivity contribution in [1.29, 1.82) is 0 Å². The fraction of sp³-hybridized carbons (Fsp3) is 0.714. The van der Waals surface area contributed by atoms with Gasteiger partial charge in [-0.3, -0.25) is 4.79 Å². The van der Waals surface area contributed by atoms with Crippen molar-refractivity contribution in [3.8, 4) is 0 Å². The predicted octanol–water partition coefficient (Wildman–Crippen LogP) is 0.967. The number of carbonyl (C=O) groups excluding carboxylic acids is 2. The first-order valence-electron chi connectivity index (χ1n) is 6.72. The number of carbonyl (C=O) groups is 2. The van der Waals surface area contributed by atoms with Crippen molar-refractivity contribution in [2.45, 2.75) is 32.4 Å². The molecule has 0 aromatic carbocycles. The Balaban J connectivity index is 2.68. The molecule has 0 aliphatic carbocycles. The van der Waals surface area contributed by atoms with Gasteiger partial charge in [0.2, 0.25) is 0 Å². The Morgan fingerprint density at radius 1 is 1.45 bits per heavy atom. The van der Waals surface area contributed by atoms with Crippen molar-refractivity contribution in [3.05, 3.63) is 11.6 Å². The second-order valence-corrected chi connectivity index (χ2v) is 5.74. The van der Waals surface area contributed by atoms with Crippen molar-refractivity contribution in [2.75, 3.05) is 33.4 Å². The number of piperazine rings is 1. The predicted molar refractivity (Wildman–Crippen MR) is 75.6 cm³/mol.